The standard InChI is InChI=1S/C61H48N4O4S/c1-69-60-44-56(64(50-28-16-6-17-29-50)54-36-32-52(33-37-54)62(46-20-8-2-9-21-46)47-22-10-3-11-23-47)40-42-58(60)59-43-41-57(45-61(59)70(66,67)68)65(51-30-18-7-19-31-51)55-38-34-53(35-39-55)63(48-24-12-4-13-25-48)49-26-14-5-15-27-49/h2-45H,1H3,(H,66,67,68)/p-1. The van der Waals surface area contributed by atoms with Crippen molar-refractivity contribution in [1.29, 1.82) is 0 Å². The Kier molecular flexibility index (Phi) is 12.9. The maximum atomic E-state index is 13.4. The number of nitrogens with zero attached hydrogens (tertiary/aromatic N) is 4. The fourth-order valence-corrected chi connectivity index (χ4v) is 9.59. The van der Waals surface area contributed by atoms with Crippen molar-refractivity contribution in [3.63, 3.8) is 0 Å². The summed E-state index contributed by atoms with van der Waals surface area (Å²) in [6.45, 7) is 0. The predicted octanol–water partition coefficient (Wildman–Crippen LogP) is 16.1. The topological polar surface area (TPSA) is 79.4 Å². The molecule has 8 nitrogen and oxygen atoms in total. The van der Waals surface area contributed by atoms with Crippen molar-refractivity contribution in [1.82, 2.24) is 0 Å². The van der Waals surface area contributed by atoms with Gasteiger partial charge in [0.2, 0.25) is 0 Å². The highest BCUT2D eigenvalue weighted by molar-refractivity contribution is 7.85. The minimum atomic E-state index is -5.02. The Morgan fingerprint density at radius 3 is 0.800 bits per heavy atom. The lowest BCUT2D eigenvalue weighted by Crippen LogP contribution is -2.13. The Morgan fingerprint density at radius 1 is 0.300 bits per heavy atom. The first kappa shape index (κ1) is 44.9. The minimum Gasteiger partial charge on any atom is -0.744 e. The van der Waals surface area contributed by atoms with Gasteiger partial charge in [0.1, 0.15) is 15.9 Å². The smallest absolute Gasteiger partial charge is 0.128 e. The molecule has 0 aromatic heterocycles. The van der Waals surface area contributed by atoms with E-state index in [1.165, 1.54) is 6.07 Å². The van der Waals surface area contributed by atoms with E-state index in [9.17, 15) is 13.0 Å². The molecule has 0 saturated carbocycles. The van der Waals surface area contributed by atoms with Crippen LogP contribution in [0.2, 0.25) is 0 Å². The molecule has 0 spiro atoms. The monoisotopic (exact) mass is 931 g/mol. The molecule has 70 heavy (non-hydrogen) atoms. The van der Waals surface area contributed by atoms with Crippen LogP contribution in [0.25, 0.3) is 11.1 Å². The fraction of sp³-hybridized carbons (Fsp3) is 0.0164. The molecule has 10 aromatic carbocycles. The van der Waals surface area contributed by atoms with Gasteiger partial charge in [0, 0.05) is 85.4 Å². The number of anilines is 12. The van der Waals surface area contributed by atoms with E-state index in [1.54, 1.807) is 13.2 Å². The summed E-state index contributed by atoms with van der Waals surface area (Å²) in [4.78, 5) is 8.07. The van der Waals surface area contributed by atoms with Crippen LogP contribution in [0, 0.1) is 0 Å². The molecular formula is C61H47N4O4S-. The van der Waals surface area contributed by atoms with Crippen molar-refractivity contribution in [2.45, 2.75) is 4.90 Å². The summed E-state index contributed by atoms with van der Waals surface area (Å²) < 4.78 is 46.3. The first-order chi connectivity index (χ1) is 34.3. The lowest BCUT2D eigenvalue weighted by atomic mass is 10.0. The molecule has 0 N–H and O–H groups in total. The van der Waals surface area contributed by atoms with E-state index in [4.69, 9.17) is 4.74 Å². The molecule has 0 bridgehead atoms. The van der Waals surface area contributed by atoms with Gasteiger partial charge >= 0.3 is 0 Å². The van der Waals surface area contributed by atoms with Gasteiger partial charge in [-0.05, 0) is 146 Å². The van der Waals surface area contributed by atoms with E-state index >= 15 is 0 Å². The number of para-hydroxylation sites is 6. The first-order valence-electron chi connectivity index (χ1n) is 22.8. The second kappa shape index (κ2) is 20.1. The molecular weight excluding hydrogens is 885 g/mol. The van der Waals surface area contributed by atoms with Gasteiger partial charge in [0.05, 0.1) is 12.0 Å². The van der Waals surface area contributed by atoms with Gasteiger partial charge in [0.25, 0.3) is 0 Å². The Balaban J connectivity index is 1.02. The average Bonchev–Trinajstić information content (AvgIpc) is 3.41. The highest BCUT2D eigenvalue weighted by Crippen LogP contribution is 2.45. The number of rotatable bonds is 15. The number of hydrogen-bond acceptors (Lipinski definition) is 8. The van der Waals surface area contributed by atoms with Crippen LogP contribution in [0.5, 0.6) is 5.75 Å². The van der Waals surface area contributed by atoms with E-state index in [0.717, 1.165) is 62.6 Å². The van der Waals surface area contributed by atoms with Crippen LogP contribution >= 0.6 is 0 Å². The molecule has 0 atom stereocenters. The molecule has 342 valence electrons. The van der Waals surface area contributed by atoms with Crippen molar-refractivity contribution < 1.29 is 17.7 Å². The van der Waals surface area contributed by atoms with Gasteiger partial charge in [-0.15, -0.1) is 0 Å². The molecule has 0 heterocycles. The summed E-state index contributed by atoms with van der Waals surface area (Å²) in [6, 6.07) is 87.5. The van der Waals surface area contributed by atoms with Gasteiger partial charge in [-0.1, -0.05) is 115 Å². The lowest BCUT2D eigenvalue weighted by molar-refractivity contribution is 0.416. The SMILES string of the molecule is COc1cc(N(c2ccccc2)c2ccc(N(c3ccccc3)c3ccccc3)cc2)ccc1-c1ccc(N(c2ccccc2)c2ccc(N(c3ccccc3)c3ccccc3)cc2)cc1S(=O)(=O)[O-]. The highest BCUT2D eigenvalue weighted by atomic mass is 32.2. The summed E-state index contributed by atoms with van der Waals surface area (Å²) >= 11 is 0. The van der Waals surface area contributed by atoms with Gasteiger partial charge in [-0.25, -0.2) is 8.42 Å². The van der Waals surface area contributed by atoms with E-state index in [-0.39, 0.29) is 10.5 Å². The highest BCUT2D eigenvalue weighted by Gasteiger charge is 2.23. The largest absolute Gasteiger partial charge is 0.744 e. The van der Waals surface area contributed by atoms with Gasteiger partial charge in [-0.2, -0.15) is 0 Å². The minimum absolute atomic E-state index is 0.226. The summed E-state index contributed by atoms with van der Waals surface area (Å²) in [5, 5.41) is 0. The Labute approximate surface area is 409 Å². The van der Waals surface area contributed by atoms with Crippen LogP contribution in [0.1, 0.15) is 0 Å². The molecule has 0 amide bonds. The van der Waals surface area contributed by atoms with E-state index in [0.29, 0.717) is 17.0 Å². The summed E-state index contributed by atoms with van der Waals surface area (Å²) in [7, 11) is -3.48. The molecule has 0 aliphatic heterocycles. The molecule has 10 rings (SSSR count). The van der Waals surface area contributed by atoms with Crippen molar-refractivity contribution >= 4 is 78.4 Å². The third kappa shape index (κ3) is 9.48. The van der Waals surface area contributed by atoms with Crippen LogP contribution in [0.4, 0.5) is 68.2 Å². The maximum absolute atomic E-state index is 13.4. The van der Waals surface area contributed by atoms with Crippen molar-refractivity contribution in [3.8, 4) is 16.9 Å². The van der Waals surface area contributed by atoms with Gasteiger partial charge in [0.15, 0.2) is 0 Å². The summed E-state index contributed by atoms with van der Waals surface area (Å²) in [5.41, 5.74) is 11.3. The molecule has 0 aliphatic carbocycles. The zero-order valence-electron chi connectivity index (χ0n) is 38.2. The van der Waals surface area contributed by atoms with E-state index in [1.807, 2.05) is 187 Å². The third-order valence-electron chi connectivity index (χ3n) is 12.0. The molecule has 10 aromatic rings. The van der Waals surface area contributed by atoms with E-state index < -0.39 is 10.1 Å². The van der Waals surface area contributed by atoms with Crippen LogP contribution in [0.15, 0.2) is 272 Å². The third-order valence-corrected chi connectivity index (χ3v) is 12.9. The molecule has 0 aliphatic rings. The van der Waals surface area contributed by atoms with Crippen LogP contribution in [0.3, 0.4) is 0 Å². The van der Waals surface area contributed by atoms with Crippen molar-refractivity contribution in [2.24, 2.45) is 0 Å². The normalized spacial score (nSPS) is 11.1. The second-order valence-corrected chi connectivity index (χ2v) is 17.8. The number of ether oxygens (including phenoxy) is 1. The zero-order valence-corrected chi connectivity index (χ0v) is 39.1. The average molecular weight is 932 g/mol. The van der Waals surface area contributed by atoms with Crippen LogP contribution in [-0.2, 0) is 10.1 Å². The van der Waals surface area contributed by atoms with Crippen LogP contribution in [-0.4, -0.2) is 20.1 Å². The molecule has 0 unspecified atom stereocenters. The second-order valence-electron chi connectivity index (χ2n) is 16.4. The quantitative estimate of drug-likeness (QED) is 0.0941. The molecule has 0 saturated heterocycles. The van der Waals surface area contributed by atoms with Crippen molar-refractivity contribution in [2.75, 3.05) is 26.7 Å². The summed E-state index contributed by atoms with van der Waals surface area (Å²) in [5.74, 6) is 0.393. The Hall–Kier alpha value is -8.89. The number of hydrogen-bond donors (Lipinski definition) is 0. The molecule has 0 radical (unpaired) electrons. The first-order valence-corrected chi connectivity index (χ1v) is 24.2. The van der Waals surface area contributed by atoms with Crippen molar-refractivity contribution in [3.05, 3.63) is 267 Å². The fourth-order valence-electron chi connectivity index (χ4n) is 8.87. The number of methoxy groups -OCH3 is 1. The molecule has 9 heteroatoms. The van der Waals surface area contributed by atoms with E-state index in [2.05, 4.69) is 87.5 Å². The lowest BCUT2D eigenvalue weighted by Gasteiger charge is -2.29. The predicted molar refractivity (Wildman–Crippen MR) is 285 cm³/mol. The maximum Gasteiger partial charge on any atom is 0.128 e. The number of benzene rings is 10. The van der Waals surface area contributed by atoms with Gasteiger partial charge in [-0.3, -0.25) is 0 Å². The Morgan fingerprint density at radius 2 is 0.529 bits per heavy atom. The Bertz CT molecular complexity index is 3350. The zero-order chi connectivity index (χ0) is 47.9. The van der Waals surface area contributed by atoms with Crippen LogP contribution < -0.4 is 24.3 Å². The summed E-state index contributed by atoms with van der Waals surface area (Å²) in [6.07, 6.45) is 0. The molecule has 0 fully saturated rings. The van der Waals surface area contributed by atoms with Gasteiger partial charge < -0.3 is 28.9 Å².